The third-order valence-corrected chi connectivity index (χ3v) is 16.3. The minimum absolute atomic E-state index is 0.000508. The van der Waals surface area contributed by atoms with Gasteiger partial charge < -0.3 is 28.4 Å². The van der Waals surface area contributed by atoms with E-state index in [2.05, 4.69) is 96.3 Å². The predicted molar refractivity (Wildman–Crippen MR) is 356 cm³/mol. The number of halogens is 2. The van der Waals surface area contributed by atoms with Gasteiger partial charge in [-0.1, -0.05) is 126 Å². The standard InChI is InChI=1S/C76H68F2N8O6/c1-75(2,3)55-27-15-51(16-28-55)71-81-83-73(91-71)53-23-39-61(40-24-53)85(57-31-9-47(10-32-57)13-43-67(87)89-7)59-35-19-49(20-36-59)69-70(80-66-46-64(78)63(77)45-65(66)79-69)50-21-37-60(38-22-50)86(58-33-11-48(12-34-58)14-44-68(88)90-8)62-41-25-54(26-42-62)74-84-82-72(92-74)52-17-29-56(30-18-52)76(4,5)6/h9-12,15-42,45-46,73,83H,13-14,43-44H2,1-8H3. The second-order valence-electron chi connectivity index (χ2n) is 24.7. The zero-order valence-electron chi connectivity index (χ0n) is 52.4. The molecule has 14 nitrogen and oxygen atoms in total. The van der Waals surface area contributed by atoms with E-state index in [9.17, 15) is 9.59 Å². The number of methoxy groups -OCH3 is 2. The number of nitrogens with zero attached hydrogens (tertiary/aromatic N) is 7. The van der Waals surface area contributed by atoms with Crippen LogP contribution in [0, 0.1) is 11.6 Å². The number of ether oxygens (including phenoxy) is 3. The molecule has 0 saturated carbocycles. The summed E-state index contributed by atoms with van der Waals surface area (Å²) in [5.74, 6) is -1.34. The molecule has 9 aromatic carbocycles. The van der Waals surface area contributed by atoms with Crippen LogP contribution >= 0.6 is 0 Å². The first kappa shape index (κ1) is 61.4. The van der Waals surface area contributed by atoms with Gasteiger partial charge in [-0.15, -0.1) is 15.3 Å². The topological polar surface area (TPSA) is 157 Å². The Morgan fingerprint density at radius 1 is 0.467 bits per heavy atom. The summed E-state index contributed by atoms with van der Waals surface area (Å²) < 4.78 is 52.5. The highest BCUT2D eigenvalue weighted by Crippen LogP contribution is 2.42. The Bertz CT molecular complexity index is 4470. The van der Waals surface area contributed by atoms with Crippen molar-refractivity contribution in [2.45, 2.75) is 84.3 Å². The molecule has 3 heterocycles. The second kappa shape index (κ2) is 25.9. The van der Waals surface area contributed by atoms with Gasteiger partial charge in [0, 0.05) is 92.5 Å². The molecule has 11 aromatic rings. The number of rotatable bonds is 18. The number of esters is 2. The molecule has 0 radical (unpaired) electrons. The Labute approximate surface area is 533 Å². The summed E-state index contributed by atoms with van der Waals surface area (Å²) in [4.78, 5) is 38.4. The highest BCUT2D eigenvalue weighted by Gasteiger charge is 2.26. The van der Waals surface area contributed by atoms with Gasteiger partial charge in [0.25, 0.3) is 0 Å². The lowest BCUT2D eigenvalue weighted by molar-refractivity contribution is -0.141. The first-order chi connectivity index (χ1) is 44.3. The van der Waals surface area contributed by atoms with Crippen molar-refractivity contribution in [2.24, 2.45) is 5.10 Å². The molecular formula is C76H68F2N8O6. The van der Waals surface area contributed by atoms with Crippen LogP contribution in [-0.4, -0.2) is 52.2 Å². The third-order valence-electron chi connectivity index (χ3n) is 16.3. The van der Waals surface area contributed by atoms with Crippen molar-refractivity contribution in [3.63, 3.8) is 0 Å². The van der Waals surface area contributed by atoms with E-state index in [1.165, 1.54) is 25.3 Å². The lowest BCUT2D eigenvalue weighted by Gasteiger charge is -2.26. The first-order valence-corrected chi connectivity index (χ1v) is 30.4. The highest BCUT2D eigenvalue weighted by atomic mass is 19.2. The van der Waals surface area contributed by atoms with E-state index in [-0.39, 0.29) is 46.6 Å². The van der Waals surface area contributed by atoms with Gasteiger partial charge in [0.2, 0.25) is 23.9 Å². The molecule has 0 amide bonds. The fraction of sp³-hybridized carbons (Fsp3) is 0.197. The number of nitrogens with one attached hydrogen (secondary N) is 1. The van der Waals surface area contributed by atoms with Crippen LogP contribution in [0.3, 0.4) is 0 Å². The van der Waals surface area contributed by atoms with Gasteiger partial charge in [-0.25, -0.2) is 18.7 Å². The summed E-state index contributed by atoms with van der Waals surface area (Å²) in [5.41, 5.74) is 18.4. The largest absolute Gasteiger partial charge is 0.469 e. The van der Waals surface area contributed by atoms with Gasteiger partial charge in [0.1, 0.15) is 0 Å². The number of hydrazone groups is 1. The maximum atomic E-state index is 15.0. The summed E-state index contributed by atoms with van der Waals surface area (Å²) in [6, 6.07) is 66.2. The number of aromatic nitrogens is 4. The maximum absolute atomic E-state index is 15.0. The van der Waals surface area contributed by atoms with Gasteiger partial charge in [0.05, 0.1) is 36.6 Å². The smallest absolute Gasteiger partial charge is 0.305 e. The summed E-state index contributed by atoms with van der Waals surface area (Å²) in [5, 5.41) is 13.3. The van der Waals surface area contributed by atoms with Crippen LogP contribution in [0.4, 0.5) is 42.9 Å². The Morgan fingerprint density at radius 2 is 0.804 bits per heavy atom. The van der Waals surface area contributed by atoms with Gasteiger partial charge >= 0.3 is 11.9 Å². The Morgan fingerprint density at radius 3 is 1.17 bits per heavy atom. The van der Waals surface area contributed by atoms with Gasteiger partial charge in [-0.05, 0) is 155 Å². The number of benzene rings is 9. The Balaban J connectivity index is 0.862. The minimum atomic E-state index is -1.04. The fourth-order valence-corrected chi connectivity index (χ4v) is 11.0. The molecule has 1 aliphatic rings. The number of hydrogen-bond donors (Lipinski definition) is 1. The molecule has 462 valence electrons. The average molecular weight is 1230 g/mol. The number of aryl methyl sites for hydroxylation is 2. The van der Waals surface area contributed by atoms with E-state index >= 15 is 8.78 Å². The van der Waals surface area contributed by atoms with Crippen molar-refractivity contribution in [1.82, 2.24) is 25.6 Å². The molecular weight excluding hydrogens is 1160 g/mol. The van der Waals surface area contributed by atoms with Crippen LogP contribution in [-0.2, 0) is 47.5 Å². The normalized spacial score (nSPS) is 13.1. The SMILES string of the molecule is COC(=O)CCc1ccc(N(c2ccc(-c3nnc(-c4ccc(C(C)(C)C)cc4)o3)cc2)c2ccc(-c3nc4cc(F)c(F)cc4nc3-c3ccc(N(c4ccc(CCC(=O)OC)cc4)c4ccc(C5NN=C(c6ccc(C(C)(C)C)cc6)O5)cc4)cc3)cc2)cc1. The van der Waals surface area contributed by atoms with Crippen LogP contribution in [0.2, 0.25) is 0 Å². The molecule has 0 saturated heterocycles. The summed E-state index contributed by atoms with van der Waals surface area (Å²) in [7, 11) is 2.77. The zero-order valence-corrected chi connectivity index (χ0v) is 52.4. The van der Waals surface area contributed by atoms with E-state index in [0.717, 1.165) is 79.6 Å². The van der Waals surface area contributed by atoms with Crippen LogP contribution in [0.15, 0.2) is 216 Å². The Kier molecular flexibility index (Phi) is 17.3. The van der Waals surface area contributed by atoms with E-state index in [1.54, 1.807) is 0 Å². The molecule has 1 aliphatic heterocycles. The lowest BCUT2D eigenvalue weighted by Crippen LogP contribution is -2.14. The van der Waals surface area contributed by atoms with E-state index in [4.69, 9.17) is 28.6 Å². The van der Waals surface area contributed by atoms with Crippen LogP contribution < -0.4 is 15.2 Å². The molecule has 0 spiro atoms. The number of anilines is 6. The summed E-state index contributed by atoms with van der Waals surface area (Å²) >= 11 is 0. The highest BCUT2D eigenvalue weighted by molar-refractivity contribution is 5.95. The molecule has 0 aliphatic carbocycles. The van der Waals surface area contributed by atoms with Gasteiger partial charge in [0.15, 0.2) is 11.6 Å². The fourth-order valence-electron chi connectivity index (χ4n) is 11.0. The van der Waals surface area contributed by atoms with Crippen molar-refractivity contribution < 1.29 is 37.0 Å². The second-order valence-corrected chi connectivity index (χ2v) is 24.7. The number of hydrogen-bond acceptors (Lipinski definition) is 14. The monoisotopic (exact) mass is 1230 g/mol. The van der Waals surface area contributed by atoms with Crippen molar-refractivity contribution in [3.05, 3.63) is 251 Å². The molecule has 12 rings (SSSR count). The third kappa shape index (κ3) is 13.5. The molecule has 1 unspecified atom stereocenters. The molecule has 0 fully saturated rings. The summed E-state index contributed by atoms with van der Waals surface area (Å²) in [6.07, 6.45) is 1.02. The average Bonchev–Trinajstić information content (AvgIpc) is 0.908. The van der Waals surface area contributed by atoms with Gasteiger partial charge in [-0.3, -0.25) is 15.0 Å². The molecule has 0 bridgehead atoms. The lowest BCUT2D eigenvalue weighted by atomic mass is 9.87. The predicted octanol–water partition coefficient (Wildman–Crippen LogP) is 17.7. The van der Waals surface area contributed by atoms with Crippen LogP contribution in [0.1, 0.15) is 94.0 Å². The maximum Gasteiger partial charge on any atom is 0.305 e. The van der Waals surface area contributed by atoms with Crippen molar-refractivity contribution in [3.8, 4) is 45.4 Å². The van der Waals surface area contributed by atoms with E-state index in [1.807, 2.05) is 170 Å². The quantitative estimate of drug-likeness (QED) is 0.0810. The van der Waals surface area contributed by atoms with Gasteiger partial charge in [-0.2, -0.15) is 0 Å². The molecule has 16 heteroatoms. The Hall–Kier alpha value is -10.9. The van der Waals surface area contributed by atoms with Crippen molar-refractivity contribution in [2.75, 3.05) is 24.0 Å². The van der Waals surface area contributed by atoms with E-state index < -0.39 is 17.9 Å². The molecule has 1 N–H and O–H groups in total. The zero-order chi connectivity index (χ0) is 64.3. The molecule has 1 atom stereocenters. The summed E-state index contributed by atoms with van der Waals surface area (Å²) in [6.45, 7) is 13.1. The molecule has 2 aromatic heterocycles. The van der Waals surface area contributed by atoms with Crippen molar-refractivity contribution in [1.29, 1.82) is 0 Å². The minimum Gasteiger partial charge on any atom is -0.469 e. The first-order valence-electron chi connectivity index (χ1n) is 30.4. The number of fused-ring (bicyclic) bond motifs is 1. The van der Waals surface area contributed by atoms with Crippen LogP contribution in [0.5, 0.6) is 0 Å². The number of carbonyl (C=O) groups is 2. The van der Waals surface area contributed by atoms with Crippen LogP contribution in [0.25, 0.3) is 56.5 Å². The van der Waals surface area contributed by atoms with E-state index in [0.29, 0.717) is 53.0 Å². The molecule has 92 heavy (non-hydrogen) atoms. The van der Waals surface area contributed by atoms with Crippen molar-refractivity contribution >= 4 is 63.0 Å². The number of carbonyl (C=O) groups excluding carboxylic acids is 2.